The molecule has 1 aromatic heterocycles. The van der Waals surface area contributed by atoms with E-state index >= 15 is 0 Å². The van der Waals surface area contributed by atoms with Crippen molar-refractivity contribution in [1.29, 1.82) is 0 Å². The van der Waals surface area contributed by atoms with Crippen LogP contribution in [0.15, 0.2) is 49.1 Å². The Bertz CT molecular complexity index is 600. The van der Waals surface area contributed by atoms with Crippen LogP contribution in [-0.4, -0.2) is 26.9 Å². The summed E-state index contributed by atoms with van der Waals surface area (Å²) in [6.45, 7) is 0.268. The van der Waals surface area contributed by atoms with Gasteiger partial charge in [0, 0.05) is 18.0 Å². The minimum atomic E-state index is -0.306. The molecule has 1 N–H and O–H groups in total. The molecule has 0 fully saturated rings. The molecular formula is C13H11FN4O. The topological polar surface area (TPSA) is 52.5 Å². The predicted octanol–water partition coefficient (Wildman–Crippen LogP) is 2.08. The maximum atomic E-state index is 12.9. The van der Waals surface area contributed by atoms with E-state index < -0.39 is 0 Å². The third kappa shape index (κ3) is 2.25. The molecule has 5 nitrogen and oxygen atoms in total. The molecule has 0 aliphatic carbocycles. The zero-order valence-corrected chi connectivity index (χ0v) is 9.94. The lowest BCUT2D eigenvalue weighted by Crippen LogP contribution is -2.24. The van der Waals surface area contributed by atoms with Gasteiger partial charge in [-0.2, -0.15) is 0 Å². The first-order chi connectivity index (χ1) is 9.24. The Labute approximate surface area is 109 Å². The summed E-state index contributed by atoms with van der Waals surface area (Å²) in [4.78, 5) is 9.73. The van der Waals surface area contributed by atoms with Crippen LogP contribution >= 0.6 is 0 Å². The summed E-state index contributed by atoms with van der Waals surface area (Å²) in [5.41, 5.74) is 1.33. The van der Waals surface area contributed by atoms with Crippen LogP contribution < -0.4 is 4.90 Å². The zero-order valence-electron chi connectivity index (χ0n) is 9.94. The molecule has 0 unspecified atom stereocenters. The van der Waals surface area contributed by atoms with Gasteiger partial charge in [0.1, 0.15) is 24.6 Å². The number of hydrogen-bond donors (Lipinski definition) is 1. The maximum absolute atomic E-state index is 12.9. The van der Waals surface area contributed by atoms with Gasteiger partial charge in [0.05, 0.1) is 5.70 Å². The molecule has 0 saturated heterocycles. The van der Waals surface area contributed by atoms with Crippen LogP contribution in [0.25, 0.3) is 5.70 Å². The summed E-state index contributed by atoms with van der Waals surface area (Å²) in [6.07, 6.45) is 4.84. The fourth-order valence-corrected chi connectivity index (χ4v) is 1.91. The van der Waals surface area contributed by atoms with Gasteiger partial charge in [0.2, 0.25) is 0 Å². The van der Waals surface area contributed by atoms with Gasteiger partial charge in [-0.25, -0.2) is 19.4 Å². The summed E-state index contributed by atoms with van der Waals surface area (Å²) in [5.74, 6) is 0.380. The lowest BCUT2D eigenvalue weighted by Gasteiger charge is -2.16. The van der Waals surface area contributed by atoms with Crippen molar-refractivity contribution in [2.24, 2.45) is 0 Å². The van der Waals surface area contributed by atoms with Crippen LogP contribution in [0, 0.1) is 5.82 Å². The number of aromatic nitrogens is 2. The van der Waals surface area contributed by atoms with Crippen LogP contribution in [-0.2, 0) is 0 Å². The van der Waals surface area contributed by atoms with E-state index in [-0.39, 0.29) is 12.5 Å². The zero-order chi connectivity index (χ0) is 13.2. The van der Waals surface area contributed by atoms with Gasteiger partial charge in [-0.05, 0) is 30.3 Å². The van der Waals surface area contributed by atoms with Gasteiger partial charge in [-0.1, -0.05) is 0 Å². The van der Waals surface area contributed by atoms with Crippen LogP contribution in [0.2, 0.25) is 0 Å². The molecule has 3 rings (SSSR count). The fraction of sp³-hybridized carbons (Fsp3) is 0.0769. The van der Waals surface area contributed by atoms with Gasteiger partial charge >= 0.3 is 0 Å². The van der Waals surface area contributed by atoms with Crippen molar-refractivity contribution < 1.29 is 9.60 Å². The molecular weight excluding hydrogens is 247 g/mol. The number of rotatable bonds is 2. The Kier molecular flexibility index (Phi) is 2.85. The quantitative estimate of drug-likeness (QED) is 0.893. The lowest BCUT2D eigenvalue weighted by molar-refractivity contribution is -0.0178. The molecule has 96 valence electrons. The number of hydrogen-bond acceptors (Lipinski definition) is 5. The van der Waals surface area contributed by atoms with Crippen LogP contribution in [0.4, 0.5) is 10.2 Å². The van der Waals surface area contributed by atoms with Gasteiger partial charge in [-0.15, -0.1) is 0 Å². The van der Waals surface area contributed by atoms with Gasteiger partial charge < -0.3 is 4.90 Å². The minimum absolute atomic E-state index is 0.268. The van der Waals surface area contributed by atoms with E-state index in [2.05, 4.69) is 9.97 Å². The van der Waals surface area contributed by atoms with Crippen LogP contribution in [0.3, 0.4) is 0 Å². The molecule has 0 spiro atoms. The first kappa shape index (κ1) is 11.6. The van der Waals surface area contributed by atoms with Crippen molar-refractivity contribution >= 4 is 11.5 Å². The highest BCUT2D eigenvalue weighted by Crippen LogP contribution is 2.26. The minimum Gasteiger partial charge on any atom is -0.310 e. The number of nitrogens with zero attached hydrogens (tertiary/aromatic N) is 4. The van der Waals surface area contributed by atoms with Crippen molar-refractivity contribution in [3.8, 4) is 0 Å². The third-order valence-corrected chi connectivity index (χ3v) is 2.84. The molecule has 2 heterocycles. The van der Waals surface area contributed by atoms with Gasteiger partial charge in [0.15, 0.2) is 0 Å². The van der Waals surface area contributed by atoms with E-state index in [4.69, 9.17) is 0 Å². The summed E-state index contributed by atoms with van der Waals surface area (Å²) in [7, 11) is 0. The highest BCUT2D eigenvalue weighted by molar-refractivity contribution is 5.69. The van der Waals surface area contributed by atoms with E-state index in [1.54, 1.807) is 35.5 Å². The van der Waals surface area contributed by atoms with Crippen molar-refractivity contribution in [2.75, 3.05) is 11.6 Å². The Morgan fingerprint density at radius 3 is 2.63 bits per heavy atom. The van der Waals surface area contributed by atoms with E-state index in [1.807, 2.05) is 0 Å². The first-order valence-electron chi connectivity index (χ1n) is 5.71. The number of benzene rings is 1. The monoisotopic (exact) mass is 258 g/mol. The first-order valence-corrected chi connectivity index (χ1v) is 5.71. The lowest BCUT2D eigenvalue weighted by atomic mass is 10.2. The number of anilines is 1. The summed E-state index contributed by atoms with van der Waals surface area (Å²) in [6, 6.07) is 7.70. The molecule has 19 heavy (non-hydrogen) atoms. The second-order valence-electron chi connectivity index (χ2n) is 4.10. The average Bonchev–Trinajstić information content (AvgIpc) is 2.83. The van der Waals surface area contributed by atoms with Crippen molar-refractivity contribution in [1.82, 2.24) is 15.0 Å². The highest BCUT2D eigenvalue weighted by Gasteiger charge is 2.22. The van der Waals surface area contributed by atoms with Crippen molar-refractivity contribution in [2.45, 2.75) is 0 Å². The second-order valence-corrected chi connectivity index (χ2v) is 4.10. The Balaban J connectivity index is 1.92. The van der Waals surface area contributed by atoms with E-state index in [9.17, 15) is 9.60 Å². The Morgan fingerprint density at radius 1 is 1.16 bits per heavy atom. The molecule has 0 saturated carbocycles. The maximum Gasteiger partial charge on any atom is 0.137 e. The molecule has 0 bridgehead atoms. The standard InChI is InChI=1S/C13H11FN4O/c14-11-3-1-10(2-4-11)12-7-17(9-18(12)19)13-5-6-15-8-16-13/h1-8,19H,9H2. The highest BCUT2D eigenvalue weighted by atomic mass is 19.1. The van der Waals surface area contributed by atoms with Crippen molar-refractivity contribution in [3.05, 3.63) is 60.4 Å². The molecule has 0 amide bonds. The Hall–Kier alpha value is -2.47. The smallest absolute Gasteiger partial charge is 0.137 e. The molecule has 1 aliphatic rings. The molecule has 6 heteroatoms. The van der Waals surface area contributed by atoms with E-state index in [0.717, 1.165) is 10.6 Å². The predicted molar refractivity (Wildman–Crippen MR) is 67.4 cm³/mol. The average molecular weight is 258 g/mol. The van der Waals surface area contributed by atoms with Gasteiger partial charge in [-0.3, -0.25) is 5.21 Å². The second kappa shape index (κ2) is 4.66. The molecule has 2 aromatic rings. The summed E-state index contributed by atoms with van der Waals surface area (Å²) in [5, 5.41) is 11.0. The van der Waals surface area contributed by atoms with E-state index in [1.165, 1.54) is 18.5 Å². The number of hydroxylamine groups is 2. The molecule has 1 aromatic carbocycles. The molecule has 0 atom stereocenters. The third-order valence-electron chi connectivity index (χ3n) is 2.84. The summed E-state index contributed by atoms with van der Waals surface area (Å²) < 4.78 is 12.9. The van der Waals surface area contributed by atoms with Crippen LogP contribution in [0.5, 0.6) is 0 Å². The SMILES string of the molecule is ON1CN(c2ccncn2)C=C1c1ccc(F)cc1. The van der Waals surface area contributed by atoms with Gasteiger partial charge in [0.25, 0.3) is 0 Å². The largest absolute Gasteiger partial charge is 0.310 e. The Morgan fingerprint density at radius 2 is 1.95 bits per heavy atom. The van der Waals surface area contributed by atoms with Crippen molar-refractivity contribution in [3.63, 3.8) is 0 Å². The fourth-order valence-electron chi connectivity index (χ4n) is 1.91. The molecule has 1 aliphatic heterocycles. The van der Waals surface area contributed by atoms with E-state index in [0.29, 0.717) is 11.5 Å². The normalized spacial score (nSPS) is 14.7. The molecule has 0 radical (unpaired) electrons. The van der Waals surface area contributed by atoms with Crippen LogP contribution in [0.1, 0.15) is 5.56 Å². The number of halogens is 1. The summed E-state index contributed by atoms with van der Waals surface area (Å²) >= 11 is 0.